The van der Waals surface area contributed by atoms with Crippen LogP contribution in [0.25, 0.3) is 0 Å². The smallest absolute Gasteiger partial charge is 0.254 e. The third-order valence-corrected chi connectivity index (χ3v) is 2.63. The molecule has 17 heavy (non-hydrogen) atoms. The van der Waals surface area contributed by atoms with E-state index in [1.54, 1.807) is 23.1 Å². The van der Waals surface area contributed by atoms with Gasteiger partial charge in [0.1, 0.15) is 0 Å². The van der Waals surface area contributed by atoms with E-state index in [1.807, 2.05) is 13.8 Å². The van der Waals surface area contributed by atoms with Crippen LogP contribution >= 0.6 is 0 Å². The van der Waals surface area contributed by atoms with Crippen molar-refractivity contribution in [3.8, 4) is 0 Å². The van der Waals surface area contributed by atoms with E-state index in [-0.39, 0.29) is 12.5 Å². The summed E-state index contributed by atoms with van der Waals surface area (Å²) in [5.41, 5.74) is 7.84. The van der Waals surface area contributed by atoms with Crippen LogP contribution in [0.3, 0.4) is 0 Å². The van der Waals surface area contributed by atoms with Gasteiger partial charge < -0.3 is 15.7 Å². The Morgan fingerprint density at radius 3 is 2.65 bits per heavy atom. The highest BCUT2D eigenvalue weighted by atomic mass is 16.3. The number of hydrogen-bond donors (Lipinski definition) is 2. The lowest BCUT2D eigenvalue weighted by Crippen LogP contribution is -2.34. The topological polar surface area (TPSA) is 66.6 Å². The average Bonchev–Trinajstić information content (AvgIpc) is 2.28. The van der Waals surface area contributed by atoms with Gasteiger partial charge in [-0.15, -0.1) is 0 Å². The third-order valence-electron chi connectivity index (χ3n) is 2.63. The van der Waals surface area contributed by atoms with Crippen molar-refractivity contribution in [2.24, 2.45) is 0 Å². The van der Waals surface area contributed by atoms with Crippen LogP contribution < -0.4 is 5.73 Å². The van der Waals surface area contributed by atoms with Gasteiger partial charge in [0.15, 0.2) is 0 Å². The van der Waals surface area contributed by atoms with Gasteiger partial charge in [-0.1, -0.05) is 6.92 Å². The number of benzene rings is 1. The zero-order chi connectivity index (χ0) is 12.8. The van der Waals surface area contributed by atoms with Crippen LogP contribution in [0.15, 0.2) is 18.2 Å². The fourth-order valence-electron chi connectivity index (χ4n) is 1.80. The molecule has 0 spiro atoms. The molecule has 0 aliphatic rings. The summed E-state index contributed by atoms with van der Waals surface area (Å²) in [7, 11) is 0. The maximum absolute atomic E-state index is 12.2. The fourth-order valence-corrected chi connectivity index (χ4v) is 1.80. The zero-order valence-electron chi connectivity index (χ0n) is 10.4. The van der Waals surface area contributed by atoms with Crippen molar-refractivity contribution < 1.29 is 9.90 Å². The Labute approximate surface area is 102 Å². The Morgan fingerprint density at radius 1 is 1.41 bits per heavy atom. The first kappa shape index (κ1) is 13.5. The Morgan fingerprint density at radius 2 is 2.12 bits per heavy atom. The number of nitrogens with two attached hydrogens (primary N) is 1. The van der Waals surface area contributed by atoms with Crippen molar-refractivity contribution in [3.63, 3.8) is 0 Å². The molecule has 0 saturated carbocycles. The van der Waals surface area contributed by atoms with Crippen molar-refractivity contribution in [3.05, 3.63) is 29.3 Å². The second-order valence-corrected chi connectivity index (χ2v) is 4.09. The van der Waals surface area contributed by atoms with Crippen LogP contribution in [-0.4, -0.2) is 35.6 Å². The van der Waals surface area contributed by atoms with E-state index in [9.17, 15) is 4.79 Å². The number of anilines is 1. The molecular weight excluding hydrogens is 216 g/mol. The summed E-state index contributed by atoms with van der Waals surface area (Å²) >= 11 is 0. The number of nitrogens with zero attached hydrogens (tertiary/aromatic N) is 1. The summed E-state index contributed by atoms with van der Waals surface area (Å²) in [6.07, 6.45) is 0.875. The van der Waals surface area contributed by atoms with Crippen LogP contribution in [0.1, 0.15) is 29.3 Å². The zero-order valence-corrected chi connectivity index (χ0v) is 10.4. The monoisotopic (exact) mass is 236 g/mol. The Bertz CT molecular complexity index is 385. The van der Waals surface area contributed by atoms with Crippen LogP contribution in [-0.2, 0) is 0 Å². The van der Waals surface area contributed by atoms with E-state index in [0.29, 0.717) is 24.3 Å². The van der Waals surface area contributed by atoms with E-state index in [0.717, 1.165) is 12.0 Å². The minimum absolute atomic E-state index is 0.0141. The first-order valence-electron chi connectivity index (χ1n) is 5.86. The molecule has 1 aromatic carbocycles. The highest BCUT2D eigenvalue weighted by molar-refractivity contribution is 5.96. The average molecular weight is 236 g/mol. The lowest BCUT2D eigenvalue weighted by molar-refractivity contribution is 0.0721. The van der Waals surface area contributed by atoms with E-state index in [2.05, 4.69) is 0 Å². The van der Waals surface area contributed by atoms with Gasteiger partial charge in [0, 0.05) is 24.3 Å². The van der Waals surface area contributed by atoms with Crippen LogP contribution in [0, 0.1) is 6.92 Å². The predicted octanol–water partition coefficient (Wildman–Crippen LogP) is 1.42. The van der Waals surface area contributed by atoms with Crippen LogP contribution in [0.2, 0.25) is 0 Å². The SMILES string of the molecule is CCCN(CCO)C(=O)c1ccc(N)cc1C. The second kappa shape index (κ2) is 6.25. The van der Waals surface area contributed by atoms with Gasteiger partial charge in [-0.2, -0.15) is 0 Å². The van der Waals surface area contributed by atoms with Crippen molar-refractivity contribution >= 4 is 11.6 Å². The van der Waals surface area contributed by atoms with Crippen molar-refractivity contribution in [1.82, 2.24) is 4.90 Å². The summed E-state index contributed by atoms with van der Waals surface area (Å²) in [4.78, 5) is 13.9. The van der Waals surface area contributed by atoms with Gasteiger partial charge in [-0.3, -0.25) is 4.79 Å². The molecule has 0 atom stereocenters. The summed E-state index contributed by atoms with van der Waals surface area (Å²) in [6.45, 7) is 4.89. The Balaban J connectivity index is 2.92. The molecule has 1 amide bonds. The lowest BCUT2D eigenvalue weighted by Gasteiger charge is -2.22. The highest BCUT2D eigenvalue weighted by Crippen LogP contribution is 2.15. The largest absolute Gasteiger partial charge is 0.399 e. The first-order valence-corrected chi connectivity index (χ1v) is 5.86. The van der Waals surface area contributed by atoms with Crippen molar-refractivity contribution in [2.45, 2.75) is 20.3 Å². The fraction of sp³-hybridized carbons (Fsp3) is 0.462. The maximum atomic E-state index is 12.2. The summed E-state index contributed by atoms with van der Waals surface area (Å²) in [5.74, 6) is -0.0431. The molecule has 4 heteroatoms. The summed E-state index contributed by atoms with van der Waals surface area (Å²) in [6, 6.07) is 5.26. The molecule has 0 aliphatic carbocycles. The van der Waals surface area contributed by atoms with Gasteiger partial charge in [0.05, 0.1) is 6.61 Å². The molecular formula is C13H20N2O2. The van der Waals surface area contributed by atoms with Crippen LogP contribution in [0.4, 0.5) is 5.69 Å². The molecule has 94 valence electrons. The van der Waals surface area contributed by atoms with Crippen molar-refractivity contribution in [2.75, 3.05) is 25.4 Å². The number of carbonyl (C=O) groups excluding carboxylic acids is 1. The molecule has 1 rings (SSSR count). The Hall–Kier alpha value is -1.55. The first-order chi connectivity index (χ1) is 8.10. The van der Waals surface area contributed by atoms with E-state index < -0.39 is 0 Å². The number of nitrogen functional groups attached to an aromatic ring is 1. The van der Waals surface area contributed by atoms with E-state index in [1.165, 1.54) is 0 Å². The number of aliphatic hydroxyl groups excluding tert-OH is 1. The number of carbonyl (C=O) groups is 1. The number of amides is 1. The van der Waals surface area contributed by atoms with E-state index in [4.69, 9.17) is 10.8 Å². The number of hydrogen-bond acceptors (Lipinski definition) is 3. The molecule has 0 unspecified atom stereocenters. The third kappa shape index (κ3) is 3.46. The molecule has 0 saturated heterocycles. The van der Waals surface area contributed by atoms with Gasteiger partial charge in [0.2, 0.25) is 0 Å². The Kier molecular flexibility index (Phi) is 4.97. The number of aliphatic hydroxyl groups is 1. The summed E-state index contributed by atoms with van der Waals surface area (Å²) in [5, 5.41) is 8.96. The number of rotatable bonds is 5. The molecule has 1 aromatic rings. The van der Waals surface area contributed by atoms with Gasteiger partial charge in [0.25, 0.3) is 5.91 Å². The van der Waals surface area contributed by atoms with Crippen molar-refractivity contribution in [1.29, 1.82) is 0 Å². The second-order valence-electron chi connectivity index (χ2n) is 4.09. The van der Waals surface area contributed by atoms with Gasteiger partial charge in [-0.05, 0) is 37.1 Å². The van der Waals surface area contributed by atoms with E-state index >= 15 is 0 Å². The standard InChI is InChI=1S/C13H20N2O2/c1-3-6-15(7-8-16)13(17)12-5-4-11(14)9-10(12)2/h4-5,9,16H,3,6-8,14H2,1-2H3. The normalized spacial score (nSPS) is 10.3. The minimum atomic E-state index is -0.0431. The molecule has 0 fully saturated rings. The summed E-state index contributed by atoms with van der Waals surface area (Å²) < 4.78 is 0. The molecule has 0 aliphatic heterocycles. The molecule has 0 radical (unpaired) electrons. The molecule has 0 bridgehead atoms. The lowest BCUT2D eigenvalue weighted by atomic mass is 10.1. The van der Waals surface area contributed by atoms with Crippen LogP contribution in [0.5, 0.6) is 0 Å². The molecule has 4 nitrogen and oxygen atoms in total. The molecule has 3 N–H and O–H groups in total. The maximum Gasteiger partial charge on any atom is 0.254 e. The quantitative estimate of drug-likeness (QED) is 0.760. The van der Waals surface area contributed by atoms with Gasteiger partial charge in [-0.25, -0.2) is 0 Å². The molecule has 0 heterocycles. The molecule has 0 aromatic heterocycles. The minimum Gasteiger partial charge on any atom is -0.399 e. The predicted molar refractivity (Wildman–Crippen MR) is 68.9 cm³/mol. The highest BCUT2D eigenvalue weighted by Gasteiger charge is 2.16. The number of aryl methyl sites for hydroxylation is 1. The van der Waals surface area contributed by atoms with Gasteiger partial charge >= 0.3 is 0 Å².